The second-order valence-electron chi connectivity index (χ2n) is 6.88. The zero-order valence-corrected chi connectivity index (χ0v) is 18.1. The molecule has 0 aliphatic heterocycles. The van der Waals surface area contributed by atoms with Gasteiger partial charge in [-0.1, -0.05) is 56.3 Å². The molecule has 1 aromatic carbocycles. The summed E-state index contributed by atoms with van der Waals surface area (Å²) < 4.78 is 5.72. The van der Waals surface area contributed by atoms with Gasteiger partial charge in [0.1, 0.15) is 23.1 Å². The van der Waals surface area contributed by atoms with E-state index in [2.05, 4.69) is 56.8 Å². The summed E-state index contributed by atoms with van der Waals surface area (Å²) in [4.78, 5) is 6.11. The molecule has 0 amide bonds. The Balaban J connectivity index is 1.62. The average Bonchev–Trinajstić information content (AvgIpc) is 3.07. The summed E-state index contributed by atoms with van der Waals surface area (Å²) in [5, 5.41) is 10.8. The largest absolute Gasteiger partial charge is 0.509 e. The van der Waals surface area contributed by atoms with Crippen LogP contribution < -0.4 is 0 Å². The Kier molecular flexibility index (Phi) is 7.40. The predicted molar refractivity (Wildman–Crippen MR) is 121 cm³/mol. The Bertz CT molecular complexity index is 868. The molecule has 28 heavy (non-hydrogen) atoms. The maximum absolute atomic E-state index is 9.30. The van der Waals surface area contributed by atoms with Gasteiger partial charge in [0, 0.05) is 21.4 Å². The highest BCUT2D eigenvalue weighted by atomic mass is 32.2. The van der Waals surface area contributed by atoms with Gasteiger partial charge in [0.05, 0.1) is 5.69 Å². The number of allylic oxidation sites excluding steroid dienone is 2. The van der Waals surface area contributed by atoms with E-state index in [1.807, 2.05) is 17.8 Å². The summed E-state index contributed by atoms with van der Waals surface area (Å²) >= 11 is 3.75. The summed E-state index contributed by atoms with van der Waals surface area (Å²) in [5.41, 5.74) is 3.64. The third-order valence-corrected chi connectivity index (χ3v) is 7.14. The topological polar surface area (TPSA) is 42.4 Å². The summed E-state index contributed by atoms with van der Waals surface area (Å²) in [6.45, 7) is 7.94. The van der Waals surface area contributed by atoms with Crippen molar-refractivity contribution in [1.29, 1.82) is 0 Å². The van der Waals surface area contributed by atoms with Crippen LogP contribution in [0.4, 0.5) is 0 Å². The Labute approximate surface area is 175 Å². The lowest BCUT2D eigenvalue weighted by atomic mass is 9.99. The molecule has 3 rings (SSSR count). The fraction of sp³-hybridized carbons (Fsp3) is 0.348. The first-order chi connectivity index (χ1) is 13.6. The van der Waals surface area contributed by atoms with E-state index in [-0.39, 0.29) is 12.4 Å². The number of aliphatic hydroxyl groups excluding tert-OH is 1. The molecule has 1 N–H and O–H groups in total. The van der Waals surface area contributed by atoms with Crippen LogP contribution in [0, 0.1) is 6.92 Å². The number of hydrogen-bond donors (Lipinski definition) is 1. The average molecular weight is 414 g/mol. The monoisotopic (exact) mass is 413 g/mol. The molecule has 0 fully saturated rings. The number of rotatable bonds is 9. The number of thioether (sulfide) groups is 1. The number of aryl methyl sites for hydroxylation is 1. The van der Waals surface area contributed by atoms with Gasteiger partial charge in [0.2, 0.25) is 0 Å². The van der Waals surface area contributed by atoms with Gasteiger partial charge in [-0.2, -0.15) is 0 Å². The van der Waals surface area contributed by atoms with Crippen LogP contribution in [0.1, 0.15) is 36.8 Å². The molecule has 5 heteroatoms. The van der Waals surface area contributed by atoms with Crippen molar-refractivity contribution in [3.8, 4) is 10.6 Å². The summed E-state index contributed by atoms with van der Waals surface area (Å²) in [6, 6.07) is 10.4. The van der Waals surface area contributed by atoms with E-state index < -0.39 is 0 Å². The predicted octanol–water partition coefficient (Wildman–Crippen LogP) is 6.82. The Morgan fingerprint density at radius 1 is 1.36 bits per heavy atom. The number of aliphatic hydroxyl groups is 1. The summed E-state index contributed by atoms with van der Waals surface area (Å²) in [6.07, 6.45) is 7.37. The zero-order valence-electron chi connectivity index (χ0n) is 16.5. The van der Waals surface area contributed by atoms with Gasteiger partial charge in [-0.15, -0.1) is 23.1 Å². The molecule has 0 saturated carbocycles. The fourth-order valence-corrected chi connectivity index (χ4v) is 5.51. The Morgan fingerprint density at radius 3 is 2.86 bits per heavy atom. The van der Waals surface area contributed by atoms with Gasteiger partial charge >= 0.3 is 0 Å². The molecule has 148 valence electrons. The number of ether oxygens (including phenoxy) is 1. The van der Waals surface area contributed by atoms with E-state index in [1.54, 1.807) is 11.3 Å². The molecule has 0 bridgehead atoms. The van der Waals surface area contributed by atoms with Crippen molar-refractivity contribution in [2.24, 2.45) is 0 Å². The highest BCUT2D eigenvalue weighted by molar-refractivity contribution is 7.99. The van der Waals surface area contributed by atoms with Crippen LogP contribution in [0.5, 0.6) is 0 Å². The molecule has 0 saturated heterocycles. The second kappa shape index (κ2) is 9.99. The molecule has 1 unspecified atom stereocenters. The van der Waals surface area contributed by atoms with E-state index in [1.165, 1.54) is 16.0 Å². The molecule has 0 spiro atoms. The lowest BCUT2D eigenvalue weighted by Crippen LogP contribution is -2.10. The van der Waals surface area contributed by atoms with E-state index in [0.29, 0.717) is 5.25 Å². The molecule has 0 radical (unpaired) electrons. The van der Waals surface area contributed by atoms with Crippen molar-refractivity contribution in [3.63, 3.8) is 0 Å². The molecule has 3 nitrogen and oxygen atoms in total. The first-order valence-corrected chi connectivity index (χ1v) is 11.5. The minimum atomic E-state index is 0.0585. The molecule has 1 aliphatic carbocycles. The standard InChI is InChI=1S/C23H27NO2S2/c1-4-8-19-13-20(11-12-21(19)26-14-16(2)25)27-15-22-17(3)24-23(28-22)18-9-6-5-7-10-18/h5-7,9-12,20,25H,2,4,8,13-15H2,1,3H3. The van der Waals surface area contributed by atoms with Crippen LogP contribution in [0.2, 0.25) is 0 Å². The van der Waals surface area contributed by atoms with Crippen LogP contribution in [-0.2, 0) is 10.5 Å². The van der Waals surface area contributed by atoms with Crippen LogP contribution in [0.25, 0.3) is 10.6 Å². The van der Waals surface area contributed by atoms with Gasteiger partial charge in [-0.05, 0) is 31.4 Å². The van der Waals surface area contributed by atoms with Gasteiger partial charge in [0.15, 0.2) is 0 Å². The maximum atomic E-state index is 9.30. The summed E-state index contributed by atoms with van der Waals surface area (Å²) in [5.74, 6) is 1.92. The van der Waals surface area contributed by atoms with Crippen molar-refractivity contribution in [2.75, 3.05) is 6.61 Å². The SMILES string of the molecule is C=C(O)COC1=C(CCC)CC(SCc2sc(-c3ccccc3)nc2C)C=C1. The van der Waals surface area contributed by atoms with Crippen molar-refractivity contribution in [1.82, 2.24) is 4.98 Å². The number of thiazole rings is 1. The van der Waals surface area contributed by atoms with Crippen molar-refractivity contribution < 1.29 is 9.84 Å². The highest BCUT2D eigenvalue weighted by Crippen LogP contribution is 2.35. The second-order valence-corrected chi connectivity index (χ2v) is 9.19. The Hall–Kier alpha value is -1.98. The van der Waals surface area contributed by atoms with Crippen molar-refractivity contribution in [3.05, 3.63) is 76.7 Å². The smallest absolute Gasteiger partial charge is 0.144 e. The van der Waals surface area contributed by atoms with E-state index in [4.69, 9.17) is 9.72 Å². The van der Waals surface area contributed by atoms with E-state index in [9.17, 15) is 5.11 Å². The molecule has 1 heterocycles. The van der Waals surface area contributed by atoms with Crippen LogP contribution in [-0.4, -0.2) is 21.9 Å². The molecular weight excluding hydrogens is 386 g/mol. The first kappa shape index (κ1) is 20.7. The zero-order chi connectivity index (χ0) is 19.9. The number of hydrogen-bond acceptors (Lipinski definition) is 5. The number of benzene rings is 1. The highest BCUT2D eigenvalue weighted by Gasteiger charge is 2.19. The van der Waals surface area contributed by atoms with Crippen LogP contribution in [0.3, 0.4) is 0 Å². The molecule has 2 aromatic rings. The normalized spacial score (nSPS) is 16.4. The lowest BCUT2D eigenvalue weighted by molar-refractivity contribution is 0.200. The number of aromatic nitrogens is 1. The minimum Gasteiger partial charge on any atom is -0.509 e. The van der Waals surface area contributed by atoms with Crippen molar-refractivity contribution >= 4 is 23.1 Å². The van der Waals surface area contributed by atoms with Crippen molar-refractivity contribution in [2.45, 2.75) is 44.1 Å². The van der Waals surface area contributed by atoms with Gasteiger partial charge in [-0.3, -0.25) is 0 Å². The summed E-state index contributed by atoms with van der Waals surface area (Å²) in [7, 11) is 0. The molecule has 1 atom stereocenters. The van der Waals surface area contributed by atoms with Gasteiger partial charge < -0.3 is 9.84 Å². The van der Waals surface area contributed by atoms with Crippen LogP contribution >= 0.6 is 23.1 Å². The van der Waals surface area contributed by atoms with Gasteiger partial charge in [-0.25, -0.2) is 4.98 Å². The van der Waals surface area contributed by atoms with E-state index >= 15 is 0 Å². The Morgan fingerprint density at radius 2 is 2.14 bits per heavy atom. The quantitative estimate of drug-likeness (QED) is 0.458. The molecular formula is C23H27NO2S2. The van der Waals surface area contributed by atoms with Gasteiger partial charge in [0.25, 0.3) is 0 Å². The molecule has 1 aromatic heterocycles. The maximum Gasteiger partial charge on any atom is 0.144 e. The third kappa shape index (κ3) is 5.52. The number of nitrogens with zero attached hydrogens (tertiary/aromatic N) is 1. The lowest BCUT2D eigenvalue weighted by Gasteiger charge is -2.22. The minimum absolute atomic E-state index is 0.0585. The molecule has 1 aliphatic rings. The first-order valence-electron chi connectivity index (χ1n) is 9.60. The fourth-order valence-electron chi connectivity index (χ4n) is 3.13. The van der Waals surface area contributed by atoms with Crippen LogP contribution in [0.15, 0.2) is 66.2 Å². The third-order valence-electron chi connectivity index (χ3n) is 4.55. The van der Waals surface area contributed by atoms with E-state index in [0.717, 1.165) is 41.5 Å².